The zero-order valence-electron chi connectivity index (χ0n) is 16.6. The molecule has 1 heterocycles. The first-order valence-corrected chi connectivity index (χ1v) is 10.2. The fourth-order valence-electron chi connectivity index (χ4n) is 3.50. The molecule has 0 aliphatic rings. The van der Waals surface area contributed by atoms with Crippen LogP contribution in [0.25, 0.3) is 11.3 Å². The standard InChI is InChI=1S/C25H22ClN3O/c1-29-24(17-23(28-29)20-14-8-9-15-21(20)26)25(30)27-22(19-12-6-3-7-13-19)16-18-10-4-2-5-11-18/h2-15,17,22H,16H2,1H3,(H,27,30). The fourth-order valence-corrected chi connectivity index (χ4v) is 3.73. The van der Waals surface area contributed by atoms with E-state index in [1.165, 1.54) is 0 Å². The maximum Gasteiger partial charge on any atom is 0.270 e. The summed E-state index contributed by atoms with van der Waals surface area (Å²) in [5.74, 6) is -0.173. The number of carbonyl (C=O) groups is 1. The maximum absolute atomic E-state index is 13.2. The van der Waals surface area contributed by atoms with E-state index in [0.717, 1.165) is 16.7 Å². The Kier molecular flexibility index (Phi) is 5.96. The number of aromatic nitrogens is 2. The van der Waals surface area contributed by atoms with Gasteiger partial charge in [0.05, 0.1) is 16.8 Å². The van der Waals surface area contributed by atoms with Crippen molar-refractivity contribution in [3.05, 3.63) is 113 Å². The van der Waals surface area contributed by atoms with Crippen LogP contribution in [0.3, 0.4) is 0 Å². The SMILES string of the molecule is Cn1nc(-c2ccccc2Cl)cc1C(=O)NC(Cc1ccccc1)c1ccccc1. The second kappa shape index (κ2) is 8.97. The molecule has 0 saturated heterocycles. The molecule has 0 aliphatic carbocycles. The molecule has 150 valence electrons. The lowest BCUT2D eigenvalue weighted by molar-refractivity contribution is 0.0927. The largest absolute Gasteiger partial charge is 0.344 e. The Hall–Kier alpha value is -3.37. The summed E-state index contributed by atoms with van der Waals surface area (Å²) in [4.78, 5) is 13.2. The van der Waals surface area contributed by atoms with Gasteiger partial charge in [-0.15, -0.1) is 0 Å². The molecule has 4 nitrogen and oxygen atoms in total. The number of rotatable bonds is 6. The van der Waals surface area contributed by atoms with Crippen LogP contribution in [0.1, 0.15) is 27.7 Å². The topological polar surface area (TPSA) is 46.9 Å². The first kappa shape index (κ1) is 19.9. The molecular weight excluding hydrogens is 394 g/mol. The van der Waals surface area contributed by atoms with E-state index >= 15 is 0 Å². The number of nitrogens with zero attached hydrogens (tertiary/aromatic N) is 2. The Bertz CT molecular complexity index is 1140. The molecule has 0 radical (unpaired) electrons. The van der Waals surface area contributed by atoms with E-state index in [2.05, 4.69) is 22.5 Å². The Morgan fingerprint density at radius 3 is 2.30 bits per heavy atom. The normalized spacial score (nSPS) is 11.8. The minimum atomic E-state index is -0.173. The van der Waals surface area contributed by atoms with E-state index in [9.17, 15) is 4.79 Å². The lowest BCUT2D eigenvalue weighted by Gasteiger charge is -2.19. The molecule has 0 fully saturated rings. The zero-order valence-corrected chi connectivity index (χ0v) is 17.4. The van der Waals surface area contributed by atoms with Gasteiger partial charge >= 0.3 is 0 Å². The number of hydrogen-bond donors (Lipinski definition) is 1. The molecule has 3 aromatic carbocycles. The molecule has 1 unspecified atom stereocenters. The van der Waals surface area contributed by atoms with Crippen molar-refractivity contribution in [3.8, 4) is 11.3 Å². The van der Waals surface area contributed by atoms with Gasteiger partial charge in [0.15, 0.2) is 0 Å². The first-order valence-electron chi connectivity index (χ1n) is 9.80. The Balaban J connectivity index is 1.61. The molecule has 30 heavy (non-hydrogen) atoms. The first-order chi connectivity index (χ1) is 14.6. The van der Waals surface area contributed by atoms with Gasteiger partial charge in [-0.25, -0.2) is 0 Å². The maximum atomic E-state index is 13.2. The summed E-state index contributed by atoms with van der Waals surface area (Å²) in [5, 5.41) is 8.29. The van der Waals surface area contributed by atoms with Gasteiger partial charge in [-0.05, 0) is 29.7 Å². The van der Waals surface area contributed by atoms with Crippen molar-refractivity contribution in [1.82, 2.24) is 15.1 Å². The molecule has 1 N–H and O–H groups in total. The summed E-state index contributed by atoms with van der Waals surface area (Å²) in [7, 11) is 1.77. The number of aryl methyl sites for hydroxylation is 1. The average Bonchev–Trinajstić information content (AvgIpc) is 3.16. The molecule has 0 saturated carbocycles. The van der Waals surface area contributed by atoms with E-state index in [1.54, 1.807) is 17.8 Å². The molecule has 1 atom stereocenters. The number of amides is 1. The van der Waals surface area contributed by atoms with E-state index in [4.69, 9.17) is 11.6 Å². The highest BCUT2D eigenvalue weighted by Gasteiger charge is 2.20. The van der Waals surface area contributed by atoms with Crippen LogP contribution in [-0.4, -0.2) is 15.7 Å². The van der Waals surface area contributed by atoms with Gasteiger partial charge in [-0.1, -0.05) is 90.5 Å². The molecule has 4 rings (SSSR count). The molecule has 5 heteroatoms. The van der Waals surface area contributed by atoms with Crippen LogP contribution < -0.4 is 5.32 Å². The fraction of sp³-hybridized carbons (Fsp3) is 0.120. The highest BCUT2D eigenvalue weighted by atomic mass is 35.5. The quantitative estimate of drug-likeness (QED) is 0.455. The van der Waals surface area contributed by atoms with E-state index in [1.807, 2.05) is 72.8 Å². The average molecular weight is 416 g/mol. The van der Waals surface area contributed by atoms with E-state index in [0.29, 0.717) is 22.8 Å². The molecule has 1 aromatic heterocycles. The van der Waals surface area contributed by atoms with Crippen LogP contribution in [0.2, 0.25) is 5.02 Å². The number of hydrogen-bond acceptors (Lipinski definition) is 2. The minimum absolute atomic E-state index is 0.153. The van der Waals surface area contributed by atoms with Gasteiger partial charge in [0, 0.05) is 12.6 Å². The van der Waals surface area contributed by atoms with Crippen LogP contribution in [0.4, 0.5) is 0 Å². The van der Waals surface area contributed by atoms with Crippen molar-refractivity contribution < 1.29 is 4.79 Å². The minimum Gasteiger partial charge on any atom is -0.344 e. The van der Waals surface area contributed by atoms with Crippen molar-refractivity contribution in [2.45, 2.75) is 12.5 Å². The molecule has 4 aromatic rings. The lowest BCUT2D eigenvalue weighted by atomic mass is 9.98. The summed E-state index contributed by atoms with van der Waals surface area (Å²) < 4.78 is 1.60. The van der Waals surface area contributed by atoms with Gasteiger partial charge in [0.2, 0.25) is 0 Å². The predicted octanol–water partition coefficient (Wildman–Crippen LogP) is 5.45. The summed E-state index contributed by atoms with van der Waals surface area (Å²) in [6, 6.07) is 29.3. The van der Waals surface area contributed by atoms with Gasteiger partial charge < -0.3 is 5.32 Å². The second-order valence-corrected chi connectivity index (χ2v) is 7.55. The van der Waals surface area contributed by atoms with Crippen molar-refractivity contribution in [2.75, 3.05) is 0 Å². The summed E-state index contributed by atoms with van der Waals surface area (Å²) in [6.07, 6.45) is 0.700. The van der Waals surface area contributed by atoms with E-state index in [-0.39, 0.29) is 11.9 Å². The third-order valence-electron chi connectivity index (χ3n) is 5.05. The van der Waals surface area contributed by atoms with Crippen LogP contribution in [0.15, 0.2) is 91.0 Å². The molecule has 1 amide bonds. The smallest absolute Gasteiger partial charge is 0.270 e. The highest BCUT2D eigenvalue weighted by Crippen LogP contribution is 2.27. The molecule has 0 spiro atoms. The van der Waals surface area contributed by atoms with Crippen molar-refractivity contribution >= 4 is 17.5 Å². The van der Waals surface area contributed by atoms with Crippen molar-refractivity contribution in [3.63, 3.8) is 0 Å². The number of carbonyl (C=O) groups excluding carboxylic acids is 1. The molecule has 0 aliphatic heterocycles. The highest BCUT2D eigenvalue weighted by molar-refractivity contribution is 6.33. The number of benzene rings is 3. The zero-order chi connectivity index (χ0) is 20.9. The third-order valence-corrected chi connectivity index (χ3v) is 5.38. The van der Waals surface area contributed by atoms with Crippen molar-refractivity contribution in [1.29, 1.82) is 0 Å². The Labute approximate surface area is 181 Å². The van der Waals surface area contributed by atoms with Crippen LogP contribution in [0.5, 0.6) is 0 Å². The van der Waals surface area contributed by atoms with Gasteiger partial charge in [-0.2, -0.15) is 5.10 Å². The van der Waals surface area contributed by atoms with Gasteiger partial charge in [-0.3, -0.25) is 9.48 Å². The summed E-state index contributed by atoms with van der Waals surface area (Å²) in [6.45, 7) is 0. The van der Waals surface area contributed by atoms with Crippen molar-refractivity contribution in [2.24, 2.45) is 7.05 Å². The van der Waals surface area contributed by atoms with Crippen LogP contribution >= 0.6 is 11.6 Å². The van der Waals surface area contributed by atoms with Crippen LogP contribution in [0, 0.1) is 0 Å². The van der Waals surface area contributed by atoms with Gasteiger partial charge in [0.25, 0.3) is 5.91 Å². The third kappa shape index (κ3) is 4.44. The Morgan fingerprint density at radius 2 is 1.60 bits per heavy atom. The second-order valence-electron chi connectivity index (χ2n) is 7.14. The summed E-state index contributed by atoms with van der Waals surface area (Å²) >= 11 is 6.30. The van der Waals surface area contributed by atoms with E-state index < -0.39 is 0 Å². The van der Waals surface area contributed by atoms with Gasteiger partial charge in [0.1, 0.15) is 5.69 Å². The summed E-state index contributed by atoms with van der Waals surface area (Å²) in [5.41, 5.74) is 4.18. The molecule has 0 bridgehead atoms. The monoisotopic (exact) mass is 415 g/mol. The predicted molar refractivity (Wildman–Crippen MR) is 120 cm³/mol. The Morgan fingerprint density at radius 1 is 0.967 bits per heavy atom. The lowest BCUT2D eigenvalue weighted by Crippen LogP contribution is -2.31. The molecular formula is C25H22ClN3O. The number of halogens is 1. The number of nitrogens with one attached hydrogen (secondary N) is 1. The van der Waals surface area contributed by atoms with Crippen LogP contribution in [-0.2, 0) is 13.5 Å².